The van der Waals surface area contributed by atoms with Gasteiger partial charge in [-0.05, 0) is 59.8 Å². The van der Waals surface area contributed by atoms with E-state index in [4.69, 9.17) is 0 Å². The third-order valence-corrected chi connectivity index (χ3v) is 3.69. The number of nitrogens with zero attached hydrogens (tertiary/aromatic N) is 2. The van der Waals surface area contributed by atoms with E-state index in [9.17, 15) is 0 Å². The van der Waals surface area contributed by atoms with Crippen LogP contribution in [-0.4, -0.2) is 16.1 Å². The van der Waals surface area contributed by atoms with Gasteiger partial charge < -0.3 is 9.88 Å². The number of fused-ring (bicyclic) bond motifs is 1. The van der Waals surface area contributed by atoms with Crippen LogP contribution in [0.25, 0.3) is 10.9 Å². The second-order valence-electron chi connectivity index (χ2n) is 5.37. The first-order valence-electron chi connectivity index (χ1n) is 7.54. The van der Waals surface area contributed by atoms with Gasteiger partial charge in [-0.25, -0.2) is 0 Å². The van der Waals surface area contributed by atoms with Crippen molar-refractivity contribution in [3.63, 3.8) is 0 Å². The molecule has 0 aliphatic carbocycles. The van der Waals surface area contributed by atoms with Gasteiger partial charge in [0.05, 0.1) is 0 Å². The molecule has 2 aromatic heterocycles. The quantitative estimate of drug-likeness (QED) is 0.699. The van der Waals surface area contributed by atoms with E-state index in [1.807, 2.05) is 12.4 Å². The van der Waals surface area contributed by atoms with E-state index in [0.717, 1.165) is 19.6 Å². The standard InChI is InChI=1S/C18H21N3/c1-2-8-20-13-16-3-4-18-17(12-16)7-11-21(18)14-15-5-9-19-10-6-15/h3-7,9-12,20H,2,8,13-14H2,1H3. The first-order chi connectivity index (χ1) is 10.4. The van der Waals surface area contributed by atoms with Gasteiger partial charge in [-0.3, -0.25) is 4.98 Å². The largest absolute Gasteiger partial charge is 0.343 e. The van der Waals surface area contributed by atoms with Crippen molar-refractivity contribution < 1.29 is 0 Å². The molecule has 0 aliphatic rings. The summed E-state index contributed by atoms with van der Waals surface area (Å²) in [5.41, 5.74) is 3.90. The fourth-order valence-electron chi connectivity index (χ4n) is 2.59. The molecule has 21 heavy (non-hydrogen) atoms. The number of hydrogen-bond acceptors (Lipinski definition) is 2. The highest BCUT2D eigenvalue weighted by Gasteiger charge is 2.03. The van der Waals surface area contributed by atoms with Gasteiger partial charge in [-0.2, -0.15) is 0 Å². The van der Waals surface area contributed by atoms with Crippen molar-refractivity contribution in [2.45, 2.75) is 26.4 Å². The molecule has 0 fully saturated rings. The Hall–Kier alpha value is -2.13. The minimum Gasteiger partial charge on any atom is -0.343 e. The van der Waals surface area contributed by atoms with Gasteiger partial charge in [0.25, 0.3) is 0 Å². The fraction of sp³-hybridized carbons (Fsp3) is 0.278. The Morgan fingerprint density at radius 2 is 1.90 bits per heavy atom. The first kappa shape index (κ1) is 13.8. The lowest BCUT2D eigenvalue weighted by atomic mass is 10.1. The molecular weight excluding hydrogens is 258 g/mol. The highest BCUT2D eigenvalue weighted by Crippen LogP contribution is 2.19. The highest BCUT2D eigenvalue weighted by molar-refractivity contribution is 5.81. The van der Waals surface area contributed by atoms with Crippen molar-refractivity contribution in [2.24, 2.45) is 0 Å². The zero-order valence-electron chi connectivity index (χ0n) is 12.4. The maximum absolute atomic E-state index is 4.07. The summed E-state index contributed by atoms with van der Waals surface area (Å²) < 4.78 is 2.29. The molecule has 0 atom stereocenters. The van der Waals surface area contributed by atoms with Gasteiger partial charge in [0.15, 0.2) is 0 Å². The van der Waals surface area contributed by atoms with E-state index < -0.39 is 0 Å². The lowest BCUT2D eigenvalue weighted by molar-refractivity contribution is 0.676. The normalized spacial score (nSPS) is 11.1. The van der Waals surface area contributed by atoms with Gasteiger partial charge >= 0.3 is 0 Å². The molecule has 0 spiro atoms. The van der Waals surface area contributed by atoms with Gasteiger partial charge in [-0.1, -0.05) is 13.0 Å². The number of aromatic nitrogens is 2. The molecule has 108 valence electrons. The summed E-state index contributed by atoms with van der Waals surface area (Å²) in [5.74, 6) is 0. The minimum atomic E-state index is 0.888. The lowest BCUT2D eigenvalue weighted by Crippen LogP contribution is -2.13. The van der Waals surface area contributed by atoms with E-state index in [0.29, 0.717) is 0 Å². The first-order valence-corrected chi connectivity index (χ1v) is 7.54. The molecule has 1 N–H and O–H groups in total. The summed E-state index contributed by atoms with van der Waals surface area (Å²) in [6.07, 6.45) is 7.02. The number of rotatable bonds is 6. The van der Waals surface area contributed by atoms with E-state index >= 15 is 0 Å². The van der Waals surface area contributed by atoms with Crippen molar-refractivity contribution in [2.75, 3.05) is 6.54 Å². The van der Waals surface area contributed by atoms with Gasteiger partial charge in [0.2, 0.25) is 0 Å². The summed E-state index contributed by atoms with van der Waals surface area (Å²) in [6.45, 7) is 5.09. The van der Waals surface area contributed by atoms with Crippen molar-refractivity contribution >= 4 is 10.9 Å². The summed E-state index contributed by atoms with van der Waals surface area (Å²) in [4.78, 5) is 4.07. The van der Waals surface area contributed by atoms with Crippen molar-refractivity contribution in [1.82, 2.24) is 14.9 Å². The highest BCUT2D eigenvalue weighted by atomic mass is 14.9. The molecule has 0 saturated heterocycles. The van der Waals surface area contributed by atoms with Crippen LogP contribution in [0.5, 0.6) is 0 Å². The fourth-order valence-corrected chi connectivity index (χ4v) is 2.59. The van der Waals surface area contributed by atoms with E-state index in [1.54, 1.807) is 0 Å². The Balaban J connectivity index is 1.79. The number of benzene rings is 1. The molecule has 0 bridgehead atoms. The van der Waals surface area contributed by atoms with Crippen LogP contribution in [0.4, 0.5) is 0 Å². The topological polar surface area (TPSA) is 29.9 Å². The minimum absolute atomic E-state index is 0.888. The number of hydrogen-bond donors (Lipinski definition) is 1. The molecule has 0 unspecified atom stereocenters. The summed E-state index contributed by atoms with van der Waals surface area (Å²) in [6, 6.07) is 13.0. The van der Waals surface area contributed by atoms with Crippen molar-refractivity contribution in [1.29, 1.82) is 0 Å². The summed E-state index contributed by atoms with van der Waals surface area (Å²) in [7, 11) is 0. The number of nitrogens with one attached hydrogen (secondary N) is 1. The van der Waals surface area contributed by atoms with Crippen LogP contribution < -0.4 is 5.32 Å². The Labute approximate surface area is 125 Å². The molecule has 3 aromatic rings. The van der Waals surface area contributed by atoms with Crippen LogP contribution in [-0.2, 0) is 13.1 Å². The molecule has 3 rings (SSSR count). The average molecular weight is 279 g/mol. The molecule has 0 aliphatic heterocycles. The van der Waals surface area contributed by atoms with Crippen molar-refractivity contribution in [3.8, 4) is 0 Å². The maximum Gasteiger partial charge on any atom is 0.0483 e. The zero-order chi connectivity index (χ0) is 14.5. The molecule has 0 amide bonds. The SMILES string of the molecule is CCCNCc1ccc2c(ccn2Cc2ccncc2)c1. The second-order valence-corrected chi connectivity index (χ2v) is 5.37. The molecule has 3 heteroatoms. The summed E-state index contributed by atoms with van der Waals surface area (Å²) >= 11 is 0. The van der Waals surface area contributed by atoms with Crippen LogP contribution in [0, 0.1) is 0 Å². The van der Waals surface area contributed by atoms with E-state index in [2.05, 4.69) is 64.4 Å². The predicted octanol–water partition coefficient (Wildman–Crippen LogP) is 3.58. The second kappa shape index (κ2) is 6.55. The van der Waals surface area contributed by atoms with E-state index in [-0.39, 0.29) is 0 Å². The number of pyridine rings is 1. The van der Waals surface area contributed by atoms with Crippen molar-refractivity contribution in [3.05, 3.63) is 66.1 Å². The van der Waals surface area contributed by atoms with Gasteiger partial charge in [0, 0.05) is 37.2 Å². The molecule has 0 radical (unpaired) electrons. The third-order valence-electron chi connectivity index (χ3n) is 3.69. The van der Waals surface area contributed by atoms with Crippen LogP contribution in [0.3, 0.4) is 0 Å². The molecule has 2 heterocycles. The molecule has 0 saturated carbocycles. The van der Waals surface area contributed by atoms with Crippen LogP contribution >= 0.6 is 0 Å². The Kier molecular flexibility index (Phi) is 4.31. The Morgan fingerprint density at radius 1 is 1.05 bits per heavy atom. The molecule has 3 nitrogen and oxygen atoms in total. The van der Waals surface area contributed by atoms with Gasteiger partial charge in [0.1, 0.15) is 0 Å². The Morgan fingerprint density at radius 3 is 2.71 bits per heavy atom. The van der Waals surface area contributed by atoms with Crippen LogP contribution in [0.2, 0.25) is 0 Å². The van der Waals surface area contributed by atoms with Gasteiger partial charge in [-0.15, -0.1) is 0 Å². The molecular formula is C18H21N3. The maximum atomic E-state index is 4.07. The Bertz CT molecular complexity index is 701. The zero-order valence-corrected chi connectivity index (χ0v) is 12.4. The average Bonchev–Trinajstić information content (AvgIpc) is 2.91. The summed E-state index contributed by atoms with van der Waals surface area (Å²) in [5, 5.41) is 4.75. The lowest BCUT2D eigenvalue weighted by Gasteiger charge is -2.07. The predicted molar refractivity (Wildman–Crippen MR) is 87.3 cm³/mol. The van der Waals surface area contributed by atoms with Crippen LogP contribution in [0.1, 0.15) is 24.5 Å². The molecule has 1 aromatic carbocycles. The monoisotopic (exact) mass is 279 g/mol. The smallest absolute Gasteiger partial charge is 0.0483 e. The third kappa shape index (κ3) is 3.31. The van der Waals surface area contributed by atoms with E-state index in [1.165, 1.54) is 28.5 Å². The van der Waals surface area contributed by atoms with Crippen LogP contribution in [0.15, 0.2) is 55.0 Å².